The van der Waals surface area contributed by atoms with E-state index in [1.54, 1.807) is 12.4 Å². The number of nitrogens with two attached hydrogens (primary N) is 1. The SMILES string of the molecule is COC(=O)CCC(N)c1ccncc1. The van der Waals surface area contributed by atoms with Crippen molar-refractivity contribution in [3.8, 4) is 0 Å². The lowest BCUT2D eigenvalue weighted by molar-refractivity contribution is -0.140. The molecule has 1 heterocycles. The minimum absolute atomic E-state index is 0.128. The predicted octanol–water partition coefficient (Wildman–Crippen LogP) is 1.03. The van der Waals surface area contributed by atoms with Crippen LogP contribution in [0.25, 0.3) is 0 Å². The van der Waals surface area contributed by atoms with Crippen LogP contribution in [0.5, 0.6) is 0 Å². The first-order valence-electron chi connectivity index (χ1n) is 4.46. The topological polar surface area (TPSA) is 65.2 Å². The smallest absolute Gasteiger partial charge is 0.305 e. The van der Waals surface area contributed by atoms with Crippen LogP contribution in [0.3, 0.4) is 0 Å². The molecule has 0 spiro atoms. The van der Waals surface area contributed by atoms with Crippen LogP contribution in [0.4, 0.5) is 0 Å². The maximum absolute atomic E-state index is 10.9. The van der Waals surface area contributed by atoms with Crippen LogP contribution < -0.4 is 5.73 Å². The van der Waals surface area contributed by atoms with Crippen LogP contribution >= 0.6 is 0 Å². The van der Waals surface area contributed by atoms with Crippen molar-refractivity contribution in [3.63, 3.8) is 0 Å². The quantitative estimate of drug-likeness (QED) is 0.727. The molecule has 1 aromatic heterocycles. The van der Waals surface area contributed by atoms with E-state index in [-0.39, 0.29) is 12.0 Å². The molecular formula is C10H14N2O2. The zero-order chi connectivity index (χ0) is 10.4. The van der Waals surface area contributed by atoms with Gasteiger partial charge in [0.15, 0.2) is 0 Å². The molecule has 0 aliphatic rings. The van der Waals surface area contributed by atoms with E-state index in [0.717, 1.165) is 5.56 Å². The molecule has 0 saturated carbocycles. The van der Waals surface area contributed by atoms with Gasteiger partial charge < -0.3 is 10.5 Å². The number of carbonyl (C=O) groups is 1. The molecule has 0 fully saturated rings. The van der Waals surface area contributed by atoms with Gasteiger partial charge in [-0.15, -0.1) is 0 Å². The number of rotatable bonds is 4. The fourth-order valence-corrected chi connectivity index (χ4v) is 1.15. The number of ether oxygens (including phenoxy) is 1. The fraction of sp³-hybridized carbons (Fsp3) is 0.400. The molecule has 1 unspecified atom stereocenters. The Kier molecular flexibility index (Phi) is 4.07. The zero-order valence-electron chi connectivity index (χ0n) is 8.14. The molecule has 2 N–H and O–H groups in total. The first kappa shape index (κ1) is 10.7. The van der Waals surface area contributed by atoms with Gasteiger partial charge in [0.1, 0.15) is 0 Å². The third-order valence-corrected chi connectivity index (χ3v) is 2.02. The van der Waals surface area contributed by atoms with Crippen molar-refractivity contribution in [2.24, 2.45) is 5.73 Å². The molecule has 4 heteroatoms. The number of hydrogen-bond acceptors (Lipinski definition) is 4. The van der Waals surface area contributed by atoms with Gasteiger partial charge in [0.2, 0.25) is 0 Å². The predicted molar refractivity (Wildman–Crippen MR) is 52.4 cm³/mol. The van der Waals surface area contributed by atoms with E-state index in [9.17, 15) is 4.79 Å². The van der Waals surface area contributed by atoms with Crippen LogP contribution in [0.2, 0.25) is 0 Å². The van der Waals surface area contributed by atoms with Gasteiger partial charge in [0.25, 0.3) is 0 Å². The number of hydrogen-bond donors (Lipinski definition) is 1. The summed E-state index contributed by atoms with van der Waals surface area (Å²) in [6.07, 6.45) is 4.32. The maximum Gasteiger partial charge on any atom is 0.305 e. The van der Waals surface area contributed by atoms with Crippen LogP contribution in [-0.2, 0) is 9.53 Å². The number of methoxy groups -OCH3 is 1. The van der Waals surface area contributed by atoms with Gasteiger partial charge >= 0.3 is 5.97 Å². The highest BCUT2D eigenvalue weighted by Gasteiger charge is 2.08. The molecule has 76 valence electrons. The van der Waals surface area contributed by atoms with Crippen molar-refractivity contribution in [2.75, 3.05) is 7.11 Å². The highest BCUT2D eigenvalue weighted by Crippen LogP contribution is 2.14. The summed E-state index contributed by atoms with van der Waals surface area (Å²) in [5.41, 5.74) is 6.85. The number of carbonyl (C=O) groups excluding carboxylic acids is 1. The van der Waals surface area contributed by atoms with E-state index < -0.39 is 0 Å². The number of nitrogens with zero attached hydrogens (tertiary/aromatic N) is 1. The van der Waals surface area contributed by atoms with Crippen LogP contribution in [0, 0.1) is 0 Å². The molecule has 0 saturated heterocycles. The molecule has 14 heavy (non-hydrogen) atoms. The monoisotopic (exact) mass is 194 g/mol. The molecule has 0 aliphatic heterocycles. The second kappa shape index (κ2) is 5.34. The third kappa shape index (κ3) is 3.14. The van der Waals surface area contributed by atoms with Crippen molar-refractivity contribution in [2.45, 2.75) is 18.9 Å². The zero-order valence-corrected chi connectivity index (χ0v) is 8.14. The largest absolute Gasteiger partial charge is 0.469 e. The summed E-state index contributed by atoms with van der Waals surface area (Å²) in [7, 11) is 1.38. The van der Waals surface area contributed by atoms with E-state index in [4.69, 9.17) is 5.73 Å². The van der Waals surface area contributed by atoms with E-state index in [2.05, 4.69) is 9.72 Å². The molecule has 0 radical (unpaired) electrons. The first-order valence-corrected chi connectivity index (χ1v) is 4.46. The van der Waals surface area contributed by atoms with Gasteiger partial charge in [-0.25, -0.2) is 0 Å². The Morgan fingerprint density at radius 3 is 2.79 bits per heavy atom. The van der Waals surface area contributed by atoms with Crippen LogP contribution in [-0.4, -0.2) is 18.1 Å². The average Bonchev–Trinajstić information content (AvgIpc) is 2.26. The van der Waals surface area contributed by atoms with Gasteiger partial charge in [0, 0.05) is 24.9 Å². The van der Waals surface area contributed by atoms with Crippen molar-refractivity contribution in [1.82, 2.24) is 4.98 Å². The molecule has 4 nitrogen and oxygen atoms in total. The summed E-state index contributed by atoms with van der Waals surface area (Å²) >= 11 is 0. The van der Waals surface area contributed by atoms with Crippen molar-refractivity contribution in [1.29, 1.82) is 0 Å². The summed E-state index contributed by atoms with van der Waals surface area (Å²) in [6.45, 7) is 0. The van der Waals surface area contributed by atoms with Crippen molar-refractivity contribution >= 4 is 5.97 Å². The van der Waals surface area contributed by atoms with Crippen LogP contribution in [0.15, 0.2) is 24.5 Å². The van der Waals surface area contributed by atoms with Gasteiger partial charge in [0.05, 0.1) is 7.11 Å². The lowest BCUT2D eigenvalue weighted by atomic mass is 10.0. The summed E-state index contributed by atoms with van der Waals surface area (Å²) in [5, 5.41) is 0. The fourth-order valence-electron chi connectivity index (χ4n) is 1.15. The Balaban J connectivity index is 2.43. The van der Waals surface area contributed by atoms with Gasteiger partial charge in [-0.3, -0.25) is 9.78 Å². The first-order chi connectivity index (χ1) is 6.74. The molecule has 1 aromatic rings. The third-order valence-electron chi connectivity index (χ3n) is 2.02. The maximum atomic E-state index is 10.9. The van der Waals surface area contributed by atoms with Gasteiger partial charge in [-0.1, -0.05) is 0 Å². The highest BCUT2D eigenvalue weighted by molar-refractivity contribution is 5.69. The molecular weight excluding hydrogens is 180 g/mol. The number of pyridine rings is 1. The minimum Gasteiger partial charge on any atom is -0.469 e. The van der Waals surface area contributed by atoms with E-state index in [1.165, 1.54) is 7.11 Å². The Morgan fingerprint density at radius 2 is 2.21 bits per heavy atom. The average molecular weight is 194 g/mol. The lowest BCUT2D eigenvalue weighted by Crippen LogP contribution is -2.12. The van der Waals surface area contributed by atoms with Crippen molar-refractivity contribution in [3.05, 3.63) is 30.1 Å². The van der Waals surface area contributed by atoms with E-state index in [0.29, 0.717) is 12.8 Å². The van der Waals surface area contributed by atoms with E-state index >= 15 is 0 Å². The number of aromatic nitrogens is 1. The summed E-state index contributed by atoms with van der Waals surface area (Å²) in [6, 6.07) is 3.57. The standard InChI is InChI=1S/C10H14N2O2/c1-14-10(13)3-2-9(11)8-4-6-12-7-5-8/h4-7,9H,2-3,11H2,1H3. The molecule has 0 aliphatic carbocycles. The summed E-state index contributed by atoms with van der Waals surface area (Å²) in [4.78, 5) is 14.7. The highest BCUT2D eigenvalue weighted by atomic mass is 16.5. The Morgan fingerprint density at radius 1 is 1.57 bits per heavy atom. The Labute approximate surface area is 83.1 Å². The van der Waals surface area contributed by atoms with Crippen LogP contribution in [0.1, 0.15) is 24.4 Å². The normalized spacial score (nSPS) is 12.1. The van der Waals surface area contributed by atoms with Gasteiger partial charge in [-0.2, -0.15) is 0 Å². The second-order valence-electron chi connectivity index (χ2n) is 3.00. The summed E-state index contributed by atoms with van der Waals surface area (Å²) < 4.78 is 4.53. The van der Waals surface area contributed by atoms with E-state index in [1.807, 2.05) is 12.1 Å². The van der Waals surface area contributed by atoms with Gasteiger partial charge in [-0.05, 0) is 24.1 Å². The lowest BCUT2D eigenvalue weighted by Gasteiger charge is -2.10. The minimum atomic E-state index is -0.227. The molecule has 0 amide bonds. The van der Waals surface area contributed by atoms with Crippen molar-refractivity contribution < 1.29 is 9.53 Å². The Hall–Kier alpha value is -1.42. The summed E-state index contributed by atoms with van der Waals surface area (Å²) in [5.74, 6) is -0.227. The second-order valence-corrected chi connectivity index (χ2v) is 3.00. The Bertz CT molecular complexity index is 287. The number of esters is 1. The molecule has 1 rings (SSSR count). The molecule has 0 aromatic carbocycles. The molecule has 1 atom stereocenters. The molecule has 0 bridgehead atoms.